The molecule has 0 spiro atoms. The Labute approximate surface area is 355 Å². The molecule has 0 radical (unpaired) electrons. The number of ketones is 1. The van der Waals surface area contributed by atoms with Crippen LogP contribution in [-0.2, 0) is 14.3 Å². The number of anilines is 1. The van der Waals surface area contributed by atoms with Crippen LogP contribution in [0, 0.1) is 11.8 Å². The lowest BCUT2D eigenvalue weighted by Gasteiger charge is -2.42. The number of piperidine rings is 2. The number of Topliss-reactive ketones (excluding diaryl/α,β-unsaturated/α-hetero) is 1. The first-order valence-corrected chi connectivity index (χ1v) is 22.6. The minimum atomic E-state index is -1.08. The van der Waals surface area contributed by atoms with E-state index in [-0.39, 0.29) is 23.7 Å². The first-order chi connectivity index (χ1) is 28.4. The van der Waals surface area contributed by atoms with Crippen molar-refractivity contribution in [2.75, 3.05) is 70.3 Å². The fraction of sp³-hybridized carbons (Fsp3) is 0.667. The molecule has 1 saturated carbocycles. The number of piperazine rings is 1. The highest BCUT2D eigenvalue weighted by Crippen LogP contribution is 2.35. The van der Waals surface area contributed by atoms with E-state index in [1.54, 1.807) is 6.33 Å². The predicted molar refractivity (Wildman–Crippen MR) is 233 cm³/mol. The van der Waals surface area contributed by atoms with Gasteiger partial charge in [-0.25, -0.2) is 14.8 Å². The number of amides is 2. The number of hydrogen-bond donors (Lipinski definition) is 3. The molecule has 13 nitrogen and oxygen atoms in total. The maximum Gasteiger partial charge on any atom is 0.408 e. The Bertz CT molecular complexity index is 1850. The third-order valence-corrected chi connectivity index (χ3v) is 13.7. The molecule has 14 heteroatoms. The van der Waals surface area contributed by atoms with Crippen LogP contribution in [0.1, 0.15) is 103 Å². The number of nitrogens with zero attached hydrogens (tertiary/aromatic N) is 6. The molecule has 1 aliphatic carbocycles. The Morgan fingerprint density at radius 2 is 1.59 bits per heavy atom. The van der Waals surface area contributed by atoms with Gasteiger partial charge < -0.3 is 40.4 Å². The van der Waals surface area contributed by atoms with Crippen LogP contribution >= 0.6 is 11.6 Å². The van der Waals surface area contributed by atoms with Gasteiger partial charge >= 0.3 is 6.09 Å². The zero-order chi connectivity index (χ0) is 41.6. The van der Waals surface area contributed by atoms with Gasteiger partial charge in [0.1, 0.15) is 28.9 Å². The van der Waals surface area contributed by atoms with Crippen molar-refractivity contribution < 1.29 is 19.1 Å². The highest BCUT2D eigenvalue weighted by Gasteiger charge is 2.44. The highest BCUT2D eigenvalue weighted by molar-refractivity contribution is 6.30. The lowest BCUT2D eigenvalue weighted by atomic mass is 9.78. The second kappa shape index (κ2) is 19.3. The van der Waals surface area contributed by atoms with E-state index in [9.17, 15) is 14.4 Å². The summed E-state index contributed by atoms with van der Waals surface area (Å²) in [6, 6.07) is 9.50. The van der Waals surface area contributed by atoms with Crippen molar-refractivity contribution in [3.8, 4) is 0 Å². The number of rotatable bonds is 13. The number of halogens is 1. The molecule has 3 aliphatic heterocycles. The molecule has 2 atom stereocenters. The molecule has 322 valence electrons. The smallest absolute Gasteiger partial charge is 0.408 e. The predicted octanol–water partition coefficient (Wildman–Crippen LogP) is 6.37. The number of aromatic nitrogens is 3. The summed E-state index contributed by atoms with van der Waals surface area (Å²) >= 11 is 6.33. The summed E-state index contributed by atoms with van der Waals surface area (Å²) in [6.45, 7) is 14.1. The van der Waals surface area contributed by atoms with Gasteiger partial charge in [-0.05, 0) is 114 Å². The van der Waals surface area contributed by atoms with Crippen LogP contribution in [0.5, 0.6) is 0 Å². The summed E-state index contributed by atoms with van der Waals surface area (Å²) in [5.74, 6) is 1.91. The molecular formula is C45H66ClN9O4. The monoisotopic (exact) mass is 831 g/mol. The minimum absolute atomic E-state index is 0.0194. The third kappa shape index (κ3) is 11.1. The molecule has 3 saturated heterocycles. The van der Waals surface area contributed by atoms with Gasteiger partial charge in [0, 0.05) is 76.5 Å². The summed E-state index contributed by atoms with van der Waals surface area (Å²) in [6.07, 6.45) is 12.7. The lowest BCUT2D eigenvalue weighted by molar-refractivity contribution is -0.135. The summed E-state index contributed by atoms with van der Waals surface area (Å²) < 4.78 is 5.72. The minimum Gasteiger partial charge on any atom is -0.444 e. The first-order valence-electron chi connectivity index (χ1n) is 22.2. The number of carbonyl (C=O) groups is 3. The van der Waals surface area contributed by atoms with E-state index in [2.05, 4.69) is 35.0 Å². The summed E-state index contributed by atoms with van der Waals surface area (Å²) in [4.78, 5) is 62.7. The van der Waals surface area contributed by atoms with Gasteiger partial charge in [-0.15, -0.1) is 0 Å². The van der Waals surface area contributed by atoms with E-state index in [4.69, 9.17) is 22.1 Å². The summed E-state index contributed by atoms with van der Waals surface area (Å²) in [5, 5.41) is 4.68. The van der Waals surface area contributed by atoms with E-state index >= 15 is 0 Å². The number of nitrogens with two attached hydrogens (primary N) is 1. The number of H-pyrrole nitrogens is 1. The van der Waals surface area contributed by atoms with Crippen molar-refractivity contribution in [2.24, 2.45) is 17.6 Å². The second-order valence-corrected chi connectivity index (χ2v) is 19.1. The van der Waals surface area contributed by atoms with Gasteiger partial charge in [-0.3, -0.25) is 9.59 Å². The summed E-state index contributed by atoms with van der Waals surface area (Å²) in [5.41, 5.74) is 6.54. The molecule has 4 aliphatic rings. The second-order valence-electron chi connectivity index (χ2n) is 18.6. The van der Waals surface area contributed by atoms with Gasteiger partial charge in [-0.1, -0.05) is 43.0 Å². The molecule has 2 aromatic heterocycles. The number of aromatic amines is 1. The number of fused-ring (bicyclic) bond motifs is 1. The average Bonchev–Trinajstić information content (AvgIpc) is 3.72. The van der Waals surface area contributed by atoms with Crippen molar-refractivity contribution in [1.82, 2.24) is 35.0 Å². The van der Waals surface area contributed by atoms with E-state index < -0.39 is 17.2 Å². The SMILES string of the molecule is CC(C)(C)OC(=O)NC1(C(=O)C[C@@H](CCN2CCN(CC3CCN(C(=O)[C@H](N)C4CCCCC4)CC3)CC2)c2ccc(Cl)cc2)CCN(c2ncnc3[nH]ccc23)CC1. The van der Waals surface area contributed by atoms with Crippen LogP contribution in [0.3, 0.4) is 0 Å². The van der Waals surface area contributed by atoms with Gasteiger partial charge in [0.2, 0.25) is 5.91 Å². The van der Waals surface area contributed by atoms with Crippen LogP contribution in [0.25, 0.3) is 11.0 Å². The zero-order valence-corrected chi connectivity index (χ0v) is 36.2. The molecule has 59 heavy (non-hydrogen) atoms. The standard InChI is InChI=1S/C45H66ClN9O4/c1-44(2,3)59-43(58)51-45(17-23-54(24-18-45)41-37-13-19-48-40(37)49-31-50-41)38(56)29-35(33-9-11-36(46)12-10-33)16-20-52-25-27-53(28-26-52)30-32-14-21-55(22-15-32)42(57)39(47)34-7-5-4-6-8-34/h9-13,19,31-32,34-35,39H,4-8,14-18,20-30,47H2,1-3H3,(H,51,58)(H,48,49,50)/t35-,39-/m1/s1. The number of hydrogen-bond acceptors (Lipinski definition) is 10. The molecule has 3 aromatic rings. The van der Waals surface area contributed by atoms with Crippen LogP contribution < -0.4 is 16.0 Å². The number of carbonyl (C=O) groups excluding carboxylic acids is 3. The maximum absolute atomic E-state index is 14.7. The molecule has 7 rings (SSSR count). The van der Waals surface area contributed by atoms with E-state index in [1.165, 1.54) is 19.3 Å². The average molecular weight is 833 g/mol. The van der Waals surface area contributed by atoms with Crippen molar-refractivity contribution in [3.63, 3.8) is 0 Å². The van der Waals surface area contributed by atoms with Crippen LogP contribution in [0.2, 0.25) is 5.02 Å². The maximum atomic E-state index is 14.7. The first kappa shape index (κ1) is 43.3. The molecule has 2 amide bonds. The normalized spacial score (nSPS) is 21.3. The van der Waals surface area contributed by atoms with Gasteiger partial charge in [-0.2, -0.15) is 0 Å². The third-order valence-electron chi connectivity index (χ3n) is 13.4. The van der Waals surface area contributed by atoms with Crippen LogP contribution in [0.4, 0.5) is 10.6 Å². The Morgan fingerprint density at radius 3 is 2.27 bits per heavy atom. The molecule has 4 fully saturated rings. The van der Waals surface area contributed by atoms with Gasteiger partial charge in [0.25, 0.3) is 0 Å². The fourth-order valence-corrected chi connectivity index (χ4v) is 9.99. The van der Waals surface area contributed by atoms with Crippen molar-refractivity contribution in [2.45, 2.75) is 114 Å². The molecule has 4 N–H and O–H groups in total. The number of benzene rings is 1. The molecule has 0 unspecified atom stereocenters. The van der Waals surface area contributed by atoms with E-state index in [1.807, 2.05) is 62.2 Å². The van der Waals surface area contributed by atoms with Crippen molar-refractivity contribution in [3.05, 3.63) is 53.4 Å². The molecular weight excluding hydrogens is 766 g/mol. The molecule has 0 bridgehead atoms. The topological polar surface area (TPSA) is 153 Å². The summed E-state index contributed by atoms with van der Waals surface area (Å²) in [7, 11) is 0. The highest BCUT2D eigenvalue weighted by atomic mass is 35.5. The quantitative estimate of drug-likeness (QED) is 0.177. The van der Waals surface area contributed by atoms with Gasteiger partial charge in [0.05, 0.1) is 11.4 Å². The number of nitrogens with one attached hydrogen (secondary N) is 2. The fourth-order valence-electron chi connectivity index (χ4n) is 9.86. The Morgan fingerprint density at radius 1 is 0.915 bits per heavy atom. The number of likely N-dealkylation sites (tertiary alicyclic amines) is 1. The molecule has 5 heterocycles. The van der Waals surface area contributed by atoms with Crippen molar-refractivity contribution in [1.29, 1.82) is 0 Å². The van der Waals surface area contributed by atoms with Crippen molar-refractivity contribution >= 4 is 46.2 Å². The van der Waals surface area contributed by atoms with E-state index in [0.29, 0.717) is 49.2 Å². The lowest BCUT2D eigenvalue weighted by Crippen LogP contribution is -2.61. The van der Waals surface area contributed by atoms with E-state index in [0.717, 1.165) is 107 Å². The van der Waals surface area contributed by atoms with Crippen LogP contribution in [0.15, 0.2) is 42.9 Å². The largest absolute Gasteiger partial charge is 0.444 e. The Kier molecular flexibility index (Phi) is 14.2. The van der Waals surface area contributed by atoms with Crippen LogP contribution in [-0.4, -0.2) is 130 Å². The zero-order valence-electron chi connectivity index (χ0n) is 35.5. The number of alkyl carbamates (subject to hydrolysis) is 1. The number of ether oxygens (including phenoxy) is 1. The Hall–Kier alpha value is -3.78. The molecule has 1 aromatic carbocycles. The Balaban J connectivity index is 0.941. The van der Waals surface area contributed by atoms with Gasteiger partial charge in [0.15, 0.2) is 5.78 Å².